The van der Waals surface area contributed by atoms with Gasteiger partial charge in [-0.15, -0.1) is 0 Å². The van der Waals surface area contributed by atoms with Crippen molar-refractivity contribution >= 4 is 9.84 Å². The summed E-state index contributed by atoms with van der Waals surface area (Å²) >= 11 is 0. The molecule has 0 spiro atoms. The lowest BCUT2D eigenvalue weighted by molar-refractivity contribution is 0.440. The Kier molecular flexibility index (Phi) is 4.31. The third kappa shape index (κ3) is 3.57. The zero-order chi connectivity index (χ0) is 14.0. The summed E-state index contributed by atoms with van der Waals surface area (Å²) in [5, 5.41) is 3.44. The van der Waals surface area contributed by atoms with Crippen LogP contribution in [0.4, 0.5) is 0 Å². The predicted molar refractivity (Wildman–Crippen MR) is 79.1 cm³/mol. The van der Waals surface area contributed by atoms with Crippen LogP contribution in [0.15, 0.2) is 24.3 Å². The first-order valence-corrected chi connectivity index (χ1v) is 8.79. The Morgan fingerprint density at radius 3 is 2.37 bits per heavy atom. The van der Waals surface area contributed by atoms with Crippen molar-refractivity contribution in [1.82, 2.24) is 5.32 Å². The standard InChI is InChI=1S/C15H23NO2S/c1-4-14-9-19(17,18)10-15(16-14)13-7-5-12(6-8-13)11(2)3/h5-8,11,14-16H,4,9-10H2,1-3H3. The summed E-state index contributed by atoms with van der Waals surface area (Å²) in [5.41, 5.74) is 2.36. The third-order valence-corrected chi connectivity index (χ3v) is 5.56. The summed E-state index contributed by atoms with van der Waals surface area (Å²) in [6.45, 7) is 6.34. The van der Waals surface area contributed by atoms with Crippen molar-refractivity contribution < 1.29 is 8.42 Å². The normalized spacial score (nSPS) is 26.5. The zero-order valence-electron chi connectivity index (χ0n) is 11.9. The monoisotopic (exact) mass is 281 g/mol. The average Bonchev–Trinajstić information content (AvgIpc) is 2.37. The highest BCUT2D eigenvalue weighted by molar-refractivity contribution is 7.91. The minimum atomic E-state index is -2.93. The number of nitrogens with one attached hydrogen (secondary N) is 1. The summed E-state index contributed by atoms with van der Waals surface area (Å²) < 4.78 is 23.9. The second-order valence-corrected chi connectivity index (χ2v) is 7.88. The molecule has 1 fully saturated rings. The van der Waals surface area contributed by atoms with E-state index in [4.69, 9.17) is 0 Å². The van der Waals surface area contributed by atoms with Crippen molar-refractivity contribution in [3.05, 3.63) is 35.4 Å². The lowest BCUT2D eigenvalue weighted by atomic mass is 9.99. The maximum atomic E-state index is 11.9. The fraction of sp³-hybridized carbons (Fsp3) is 0.600. The molecule has 0 saturated carbocycles. The molecule has 106 valence electrons. The zero-order valence-corrected chi connectivity index (χ0v) is 12.7. The molecule has 0 aromatic heterocycles. The van der Waals surface area contributed by atoms with E-state index in [9.17, 15) is 8.42 Å². The Bertz CT molecular complexity index is 520. The Hall–Kier alpha value is -0.870. The van der Waals surface area contributed by atoms with Gasteiger partial charge in [0.2, 0.25) is 0 Å². The molecule has 1 heterocycles. The maximum absolute atomic E-state index is 11.9. The SMILES string of the molecule is CCC1CS(=O)(=O)CC(c2ccc(C(C)C)cc2)N1. The molecule has 2 unspecified atom stereocenters. The Labute approximate surface area is 116 Å². The predicted octanol–water partition coefficient (Wildman–Crippen LogP) is 2.65. The third-order valence-electron chi connectivity index (χ3n) is 3.81. The molecule has 0 aliphatic carbocycles. The van der Waals surface area contributed by atoms with Gasteiger partial charge in [-0.3, -0.25) is 0 Å². The van der Waals surface area contributed by atoms with Gasteiger partial charge in [-0.1, -0.05) is 45.0 Å². The highest BCUT2D eigenvalue weighted by atomic mass is 32.2. The van der Waals surface area contributed by atoms with Crippen LogP contribution < -0.4 is 5.32 Å². The van der Waals surface area contributed by atoms with E-state index in [1.54, 1.807) is 0 Å². The lowest BCUT2D eigenvalue weighted by Crippen LogP contribution is -2.46. The Morgan fingerprint density at radius 2 is 1.84 bits per heavy atom. The molecule has 2 atom stereocenters. The highest BCUT2D eigenvalue weighted by Gasteiger charge is 2.30. The molecular weight excluding hydrogens is 258 g/mol. The molecule has 4 heteroatoms. The number of hydrogen-bond acceptors (Lipinski definition) is 3. The van der Waals surface area contributed by atoms with Crippen LogP contribution in [-0.2, 0) is 9.84 Å². The van der Waals surface area contributed by atoms with Crippen LogP contribution in [0.5, 0.6) is 0 Å². The van der Waals surface area contributed by atoms with Gasteiger partial charge in [0.05, 0.1) is 11.5 Å². The van der Waals surface area contributed by atoms with Gasteiger partial charge in [0, 0.05) is 12.1 Å². The summed E-state index contributed by atoms with van der Waals surface area (Å²) in [6, 6.07) is 8.33. The molecule has 0 amide bonds. The summed E-state index contributed by atoms with van der Waals surface area (Å²) in [6.07, 6.45) is 0.847. The van der Waals surface area contributed by atoms with Gasteiger partial charge in [0.1, 0.15) is 0 Å². The number of benzene rings is 1. The largest absolute Gasteiger partial charge is 0.305 e. The van der Waals surface area contributed by atoms with Crippen molar-refractivity contribution in [2.45, 2.75) is 45.2 Å². The van der Waals surface area contributed by atoms with E-state index in [1.165, 1.54) is 5.56 Å². The molecule has 0 bridgehead atoms. The first kappa shape index (κ1) is 14.5. The first-order chi connectivity index (χ1) is 8.91. The molecule has 1 N–H and O–H groups in total. The first-order valence-electron chi connectivity index (χ1n) is 6.97. The molecular formula is C15H23NO2S. The van der Waals surface area contributed by atoms with Crippen molar-refractivity contribution in [1.29, 1.82) is 0 Å². The molecule has 3 nitrogen and oxygen atoms in total. The minimum Gasteiger partial charge on any atom is -0.305 e. The van der Waals surface area contributed by atoms with Crippen LogP contribution in [0.3, 0.4) is 0 Å². The van der Waals surface area contributed by atoms with Gasteiger partial charge >= 0.3 is 0 Å². The second kappa shape index (κ2) is 5.63. The van der Waals surface area contributed by atoms with Gasteiger partial charge in [-0.2, -0.15) is 0 Å². The highest BCUT2D eigenvalue weighted by Crippen LogP contribution is 2.24. The summed E-state index contributed by atoms with van der Waals surface area (Å²) in [5.74, 6) is 0.981. The Morgan fingerprint density at radius 1 is 1.21 bits per heavy atom. The molecule has 0 radical (unpaired) electrons. The quantitative estimate of drug-likeness (QED) is 0.926. The topological polar surface area (TPSA) is 46.2 Å². The number of rotatable bonds is 3. The second-order valence-electron chi connectivity index (χ2n) is 5.72. The van der Waals surface area contributed by atoms with Crippen molar-refractivity contribution in [3.63, 3.8) is 0 Å². The molecule has 19 heavy (non-hydrogen) atoms. The van der Waals surface area contributed by atoms with E-state index < -0.39 is 9.84 Å². The van der Waals surface area contributed by atoms with Crippen LogP contribution in [0.2, 0.25) is 0 Å². The molecule has 2 rings (SSSR count). The van der Waals surface area contributed by atoms with Gasteiger partial charge < -0.3 is 5.32 Å². The van der Waals surface area contributed by atoms with Crippen LogP contribution in [0, 0.1) is 0 Å². The molecule has 1 aliphatic heterocycles. The van der Waals surface area contributed by atoms with Crippen LogP contribution in [0.25, 0.3) is 0 Å². The van der Waals surface area contributed by atoms with Crippen LogP contribution >= 0.6 is 0 Å². The number of sulfone groups is 1. The van der Waals surface area contributed by atoms with E-state index >= 15 is 0 Å². The van der Waals surface area contributed by atoms with Crippen molar-refractivity contribution in [3.8, 4) is 0 Å². The minimum absolute atomic E-state index is 0.0649. The van der Waals surface area contributed by atoms with E-state index in [0.29, 0.717) is 5.92 Å². The summed E-state index contributed by atoms with van der Waals surface area (Å²) in [7, 11) is -2.93. The molecule has 1 aromatic rings. The Balaban J connectivity index is 2.20. The summed E-state index contributed by atoms with van der Waals surface area (Å²) in [4.78, 5) is 0. The van der Waals surface area contributed by atoms with Gasteiger partial charge in [0.25, 0.3) is 0 Å². The lowest BCUT2D eigenvalue weighted by Gasteiger charge is -2.30. The average molecular weight is 281 g/mol. The van der Waals surface area contributed by atoms with Crippen molar-refractivity contribution in [2.75, 3.05) is 11.5 Å². The van der Waals surface area contributed by atoms with E-state index in [2.05, 4.69) is 43.4 Å². The van der Waals surface area contributed by atoms with E-state index in [-0.39, 0.29) is 23.6 Å². The van der Waals surface area contributed by atoms with Crippen molar-refractivity contribution in [2.24, 2.45) is 0 Å². The van der Waals surface area contributed by atoms with Gasteiger partial charge in [-0.25, -0.2) is 8.42 Å². The van der Waals surface area contributed by atoms with E-state index in [0.717, 1.165) is 12.0 Å². The fourth-order valence-electron chi connectivity index (χ4n) is 2.55. The van der Waals surface area contributed by atoms with Gasteiger partial charge in [-0.05, 0) is 23.5 Å². The molecule has 1 aromatic carbocycles. The maximum Gasteiger partial charge on any atom is 0.153 e. The number of hydrogen-bond donors (Lipinski definition) is 1. The molecule has 1 aliphatic rings. The van der Waals surface area contributed by atoms with Crippen LogP contribution in [0.1, 0.15) is 50.3 Å². The molecule has 1 saturated heterocycles. The fourth-order valence-corrected chi connectivity index (χ4v) is 4.43. The van der Waals surface area contributed by atoms with Crippen LogP contribution in [-0.4, -0.2) is 26.0 Å². The van der Waals surface area contributed by atoms with E-state index in [1.807, 2.05) is 6.92 Å². The van der Waals surface area contributed by atoms with Gasteiger partial charge in [0.15, 0.2) is 9.84 Å². The smallest absolute Gasteiger partial charge is 0.153 e.